The summed E-state index contributed by atoms with van der Waals surface area (Å²) in [7, 11) is 0. The third kappa shape index (κ3) is 1.99. The lowest BCUT2D eigenvalue weighted by Crippen LogP contribution is -2.09. The number of carbonyl (C=O) groups is 1. The third-order valence-electron chi connectivity index (χ3n) is 2.40. The summed E-state index contributed by atoms with van der Waals surface area (Å²) in [5.74, 6) is -1.30. The average molecular weight is 236 g/mol. The highest BCUT2D eigenvalue weighted by Crippen LogP contribution is 2.27. The number of aliphatic carboxylic acids is 1. The minimum Gasteiger partial charge on any atom is -0.481 e. The summed E-state index contributed by atoms with van der Waals surface area (Å²) in [6, 6.07) is 3.81. The van der Waals surface area contributed by atoms with Crippen molar-refractivity contribution >= 4 is 17.3 Å². The molecule has 84 valence electrons. The summed E-state index contributed by atoms with van der Waals surface area (Å²) in [5, 5.41) is 11.6. The second-order valence-electron chi connectivity index (χ2n) is 3.45. The Morgan fingerprint density at radius 2 is 2.50 bits per heavy atom. The van der Waals surface area contributed by atoms with Crippen molar-refractivity contribution in [3.63, 3.8) is 0 Å². The number of aromatic amines is 1. The molecule has 0 fully saturated rings. The van der Waals surface area contributed by atoms with E-state index in [-0.39, 0.29) is 0 Å². The van der Waals surface area contributed by atoms with Gasteiger partial charge in [-0.2, -0.15) is 0 Å². The lowest BCUT2D eigenvalue weighted by molar-refractivity contribution is -0.138. The fourth-order valence-electron chi connectivity index (χ4n) is 1.52. The number of rotatable bonds is 4. The normalized spacial score (nSPS) is 12.6. The van der Waals surface area contributed by atoms with E-state index in [0.29, 0.717) is 11.4 Å². The average Bonchev–Trinajstić information content (AvgIpc) is 2.86. The minimum atomic E-state index is -0.810. The molecule has 4 nitrogen and oxygen atoms in total. The Bertz CT molecular complexity index is 476. The summed E-state index contributed by atoms with van der Waals surface area (Å²) in [6.07, 6.45) is 2.38. The molecule has 0 aromatic carbocycles. The lowest BCUT2D eigenvalue weighted by atomic mass is 10.1. The number of H-pyrrole nitrogens is 1. The second-order valence-corrected chi connectivity index (χ2v) is 4.34. The summed E-state index contributed by atoms with van der Waals surface area (Å²) in [5.41, 5.74) is 1.73. The standard InChI is InChI=1S/C11H12N2O2S/c1-2-7(11(14)15)10-13-9(6-16-10)8-4-3-5-12-8/h3-7,12H,2H2,1H3,(H,14,15). The monoisotopic (exact) mass is 236 g/mol. The van der Waals surface area contributed by atoms with Gasteiger partial charge in [0.1, 0.15) is 10.9 Å². The fourth-order valence-corrected chi connectivity index (χ4v) is 2.51. The molecular formula is C11H12N2O2S. The van der Waals surface area contributed by atoms with Crippen molar-refractivity contribution in [1.82, 2.24) is 9.97 Å². The molecule has 1 atom stereocenters. The van der Waals surface area contributed by atoms with E-state index in [1.54, 1.807) is 0 Å². The third-order valence-corrected chi connectivity index (χ3v) is 3.36. The van der Waals surface area contributed by atoms with Gasteiger partial charge in [0, 0.05) is 11.6 Å². The van der Waals surface area contributed by atoms with Gasteiger partial charge in [-0.1, -0.05) is 6.92 Å². The molecule has 16 heavy (non-hydrogen) atoms. The number of hydrogen-bond donors (Lipinski definition) is 2. The summed E-state index contributed by atoms with van der Waals surface area (Å²) >= 11 is 1.40. The lowest BCUT2D eigenvalue weighted by Gasteiger charge is -2.04. The van der Waals surface area contributed by atoms with Crippen molar-refractivity contribution in [3.05, 3.63) is 28.7 Å². The topological polar surface area (TPSA) is 66.0 Å². The molecule has 1 unspecified atom stereocenters. The highest BCUT2D eigenvalue weighted by atomic mass is 32.1. The molecule has 2 aromatic rings. The molecule has 0 radical (unpaired) electrons. The number of nitrogens with zero attached hydrogens (tertiary/aromatic N) is 1. The second kappa shape index (κ2) is 4.49. The molecule has 2 rings (SSSR count). The number of aromatic nitrogens is 2. The van der Waals surface area contributed by atoms with Gasteiger partial charge in [-0.25, -0.2) is 4.98 Å². The Labute approximate surface area is 97.0 Å². The SMILES string of the molecule is CCC(C(=O)O)c1nc(-c2ccc[nH]2)cs1. The number of nitrogens with one attached hydrogen (secondary N) is 1. The molecule has 0 aliphatic carbocycles. The number of carboxylic acid groups (broad SMARTS) is 1. The van der Waals surface area contributed by atoms with Crippen molar-refractivity contribution in [3.8, 4) is 11.4 Å². The molecule has 5 heteroatoms. The number of carboxylic acids is 1. The van der Waals surface area contributed by atoms with Crippen molar-refractivity contribution in [2.45, 2.75) is 19.3 Å². The Hall–Kier alpha value is -1.62. The van der Waals surface area contributed by atoms with E-state index in [0.717, 1.165) is 11.4 Å². The number of hydrogen-bond acceptors (Lipinski definition) is 3. The van der Waals surface area contributed by atoms with Gasteiger partial charge in [0.05, 0.1) is 11.4 Å². The summed E-state index contributed by atoms with van der Waals surface area (Å²) < 4.78 is 0. The maximum absolute atomic E-state index is 11.0. The van der Waals surface area contributed by atoms with E-state index in [1.807, 2.05) is 30.6 Å². The Morgan fingerprint density at radius 3 is 3.06 bits per heavy atom. The van der Waals surface area contributed by atoms with Crippen LogP contribution >= 0.6 is 11.3 Å². The van der Waals surface area contributed by atoms with Crippen molar-refractivity contribution in [2.24, 2.45) is 0 Å². The maximum Gasteiger partial charge on any atom is 0.313 e. The Morgan fingerprint density at radius 1 is 1.69 bits per heavy atom. The first kappa shape index (κ1) is 10.9. The van der Waals surface area contributed by atoms with Crippen LogP contribution in [0.1, 0.15) is 24.3 Å². The minimum absolute atomic E-state index is 0.492. The van der Waals surface area contributed by atoms with Gasteiger partial charge >= 0.3 is 5.97 Å². The van der Waals surface area contributed by atoms with Gasteiger partial charge in [-0.05, 0) is 18.6 Å². The molecule has 0 aliphatic rings. The van der Waals surface area contributed by atoms with Crippen molar-refractivity contribution in [1.29, 1.82) is 0 Å². The summed E-state index contributed by atoms with van der Waals surface area (Å²) in [4.78, 5) is 18.4. The van der Waals surface area contributed by atoms with E-state index in [4.69, 9.17) is 5.11 Å². The van der Waals surface area contributed by atoms with E-state index >= 15 is 0 Å². The first-order valence-corrected chi connectivity index (χ1v) is 5.92. The van der Waals surface area contributed by atoms with Crippen LogP contribution < -0.4 is 0 Å². The van der Waals surface area contributed by atoms with Crippen LogP contribution in [0.4, 0.5) is 0 Å². The van der Waals surface area contributed by atoms with Crippen LogP contribution in [0.5, 0.6) is 0 Å². The van der Waals surface area contributed by atoms with Gasteiger partial charge in [0.15, 0.2) is 0 Å². The Balaban J connectivity index is 2.29. The maximum atomic E-state index is 11.0. The zero-order chi connectivity index (χ0) is 11.5. The summed E-state index contributed by atoms with van der Waals surface area (Å²) in [6.45, 7) is 1.86. The first-order chi connectivity index (χ1) is 7.72. The van der Waals surface area contributed by atoms with E-state index in [1.165, 1.54) is 11.3 Å². The molecule has 0 amide bonds. The largest absolute Gasteiger partial charge is 0.481 e. The van der Waals surface area contributed by atoms with Gasteiger partial charge in [-0.3, -0.25) is 4.79 Å². The molecule has 0 saturated carbocycles. The van der Waals surface area contributed by atoms with E-state index < -0.39 is 11.9 Å². The van der Waals surface area contributed by atoms with Crippen molar-refractivity contribution in [2.75, 3.05) is 0 Å². The Kier molecular flexibility index (Phi) is 3.05. The molecule has 0 spiro atoms. The van der Waals surface area contributed by atoms with Crippen LogP contribution in [-0.2, 0) is 4.79 Å². The van der Waals surface area contributed by atoms with Crippen LogP contribution in [0.15, 0.2) is 23.7 Å². The van der Waals surface area contributed by atoms with Gasteiger partial charge < -0.3 is 10.1 Å². The van der Waals surface area contributed by atoms with Crippen LogP contribution in [0, 0.1) is 0 Å². The molecule has 0 bridgehead atoms. The van der Waals surface area contributed by atoms with Crippen LogP contribution in [0.2, 0.25) is 0 Å². The molecule has 0 saturated heterocycles. The van der Waals surface area contributed by atoms with E-state index in [9.17, 15) is 4.79 Å². The van der Waals surface area contributed by atoms with Gasteiger partial charge in [-0.15, -0.1) is 11.3 Å². The molecule has 0 aliphatic heterocycles. The van der Waals surface area contributed by atoms with Crippen molar-refractivity contribution < 1.29 is 9.90 Å². The zero-order valence-corrected chi connectivity index (χ0v) is 9.62. The first-order valence-electron chi connectivity index (χ1n) is 5.04. The highest BCUT2D eigenvalue weighted by Gasteiger charge is 2.21. The van der Waals surface area contributed by atoms with E-state index in [2.05, 4.69) is 9.97 Å². The molecule has 2 N–H and O–H groups in total. The molecule has 2 heterocycles. The van der Waals surface area contributed by atoms with Crippen LogP contribution in [-0.4, -0.2) is 21.0 Å². The van der Waals surface area contributed by atoms with Gasteiger partial charge in [0.25, 0.3) is 0 Å². The number of thiazole rings is 1. The highest BCUT2D eigenvalue weighted by molar-refractivity contribution is 7.10. The van der Waals surface area contributed by atoms with Crippen LogP contribution in [0.3, 0.4) is 0 Å². The smallest absolute Gasteiger partial charge is 0.313 e. The fraction of sp³-hybridized carbons (Fsp3) is 0.273. The molecule has 2 aromatic heterocycles. The zero-order valence-electron chi connectivity index (χ0n) is 8.80. The predicted molar refractivity (Wildman–Crippen MR) is 62.6 cm³/mol. The quantitative estimate of drug-likeness (QED) is 0.857. The van der Waals surface area contributed by atoms with Crippen LogP contribution in [0.25, 0.3) is 11.4 Å². The van der Waals surface area contributed by atoms with Gasteiger partial charge in [0.2, 0.25) is 0 Å². The molecular weight excluding hydrogens is 224 g/mol. The predicted octanol–water partition coefficient (Wildman–Crippen LogP) is 2.72.